The van der Waals surface area contributed by atoms with E-state index in [0.29, 0.717) is 42.6 Å². The summed E-state index contributed by atoms with van der Waals surface area (Å²) in [5, 5.41) is 17.7. The average molecular weight is 425 g/mol. The molecule has 2 aromatic carbocycles. The molecule has 0 aliphatic heterocycles. The van der Waals surface area contributed by atoms with Crippen molar-refractivity contribution in [3.05, 3.63) is 64.3 Å². The maximum atomic E-state index is 9.33. The van der Waals surface area contributed by atoms with Gasteiger partial charge in [0.2, 0.25) is 0 Å². The molecular weight excluding hydrogens is 400 g/mol. The number of nitrogens with zero attached hydrogens (tertiary/aromatic N) is 2. The summed E-state index contributed by atoms with van der Waals surface area (Å²) in [6.45, 7) is 5.30. The molecule has 0 atom stereocenters. The Kier molecular flexibility index (Phi) is 7.86. The molecule has 0 spiro atoms. The van der Waals surface area contributed by atoms with Crippen LogP contribution in [0.15, 0.2) is 42.6 Å². The topological polar surface area (TPSA) is 79.2 Å². The molecule has 0 amide bonds. The van der Waals surface area contributed by atoms with E-state index < -0.39 is 0 Å². The van der Waals surface area contributed by atoms with Crippen LogP contribution in [-0.4, -0.2) is 31.9 Å². The van der Waals surface area contributed by atoms with E-state index in [2.05, 4.69) is 21.7 Å². The van der Waals surface area contributed by atoms with Gasteiger partial charge in [-0.05, 0) is 42.8 Å². The lowest BCUT2D eigenvalue weighted by molar-refractivity contribution is 0.149. The van der Waals surface area contributed by atoms with Crippen molar-refractivity contribution in [1.29, 1.82) is 5.26 Å². The number of methoxy groups -OCH3 is 1. The minimum absolute atomic E-state index is 0.570. The fourth-order valence-corrected chi connectivity index (χ4v) is 3.45. The molecule has 0 saturated heterocycles. The zero-order valence-corrected chi connectivity index (χ0v) is 17.9. The second-order valence-electron chi connectivity index (χ2n) is 6.70. The Morgan fingerprint density at radius 2 is 2.03 bits per heavy atom. The largest absolute Gasteiger partial charge is 0.495 e. The molecule has 0 radical (unpaired) electrons. The van der Waals surface area contributed by atoms with Crippen LogP contribution in [0.3, 0.4) is 0 Å². The van der Waals surface area contributed by atoms with Gasteiger partial charge in [-0.1, -0.05) is 17.7 Å². The number of anilines is 1. The van der Waals surface area contributed by atoms with Crippen molar-refractivity contribution < 1.29 is 9.47 Å². The van der Waals surface area contributed by atoms with E-state index in [4.69, 9.17) is 21.1 Å². The van der Waals surface area contributed by atoms with Crippen LogP contribution in [0, 0.1) is 11.3 Å². The van der Waals surface area contributed by atoms with Crippen molar-refractivity contribution in [2.24, 2.45) is 0 Å². The first-order valence-electron chi connectivity index (χ1n) is 9.82. The Hall–Kier alpha value is -2.85. The number of ether oxygens (including phenoxy) is 2. The lowest BCUT2D eigenvalue weighted by atomic mass is 10.1. The summed E-state index contributed by atoms with van der Waals surface area (Å²) in [7, 11) is 1.60. The van der Waals surface area contributed by atoms with Crippen LogP contribution >= 0.6 is 11.6 Å². The van der Waals surface area contributed by atoms with Gasteiger partial charge >= 0.3 is 0 Å². The molecule has 0 fully saturated rings. The fraction of sp³-hybridized carbons (Fsp3) is 0.304. The van der Waals surface area contributed by atoms with Gasteiger partial charge in [-0.3, -0.25) is 4.98 Å². The number of halogens is 1. The normalized spacial score (nSPS) is 10.7. The molecule has 156 valence electrons. The van der Waals surface area contributed by atoms with Crippen LogP contribution in [-0.2, 0) is 17.8 Å². The lowest BCUT2D eigenvalue weighted by Crippen LogP contribution is -2.20. The molecule has 0 aliphatic carbocycles. The molecule has 3 aromatic rings. The van der Waals surface area contributed by atoms with Crippen molar-refractivity contribution in [2.75, 3.05) is 32.2 Å². The number of hydrogen-bond acceptors (Lipinski definition) is 6. The highest BCUT2D eigenvalue weighted by Crippen LogP contribution is 2.29. The minimum atomic E-state index is 0.570. The minimum Gasteiger partial charge on any atom is -0.495 e. The van der Waals surface area contributed by atoms with E-state index in [1.54, 1.807) is 13.2 Å². The Labute approximate surface area is 181 Å². The smallest absolute Gasteiger partial charge is 0.137 e. The first-order valence-corrected chi connectivity index (χ1v) is 10.2. The monoisotopic (exact) mass is 424 g/mol. The van der Waals surface area contributed by atoms with Crippen LogP contribution in [0.4, 0.5) is 5.69 Å². The van der Waals surface area contributed by atoms with Crippen molar-refractivity contribution in [3.63, 3.8) is 0 Å². The summed E-state index contributed by atoms with van der Waals surface area (Å²) >= 11 is 6.27. The molecule has 1 heterocycles. The number of nitriles is 1. The summed E-state index contributed by atoms with van der Waals surface area (Å²) < 4.78 is 10.6. The molecule has 2 N–H and O–H groups in total. The average Bonchev–Trinajstić information content (AvgIpc) is 2.77. The molecule has 0 unspecified atom stereocenters. The molecule has 7 heteroatoms. The molecule has 0 bridgehead atoms. The van der Waals surface area contributed by atoms with E-state index in [-0.39, 0.29) is 0 Å². The van der Waals surface area contributed by atoms with Crippen LogP contribution in [0.1, 0.15) is 23.6 Å². The Morgan fingerprint density at radius 1 is 1.17 bits per heavy atom. The van der Waals surface area contributed by atoms with Gasteiger partial charge in [0.25, 0.3) is 0 Å². The van der Waals surface area contributed by atoms with Crippen molar-refractivity contribution in [2.45, 2.75) is 20.0 Å². The van der Waals surface area contributed by atoms with Gasteiger partial charge in [0, 0.05) is 49.1 Å². The second kappa shape index (κ2) is 10.8. The molecular formula is C23H25ClN4O2. The molecule has 0 aliphatic rings. The summed E-state index contributed by atoms with van der Waals surface area (Å²) in [6, 6.07) is 13.4. The Balaban J connectivity index is 1.87. The van der Waals surface area contributed by atoms with Crippen LogP contribution in [0.2, 0.25) is 5.02 Å². The number of hydrogen-bond donors (Lipinski definition) is 2. The van der Waals surface area contributed by atoms with Crippen molar-refractivity contribution >= 4 is 28.2 Å². The summed E-state index contributed by atoms with van der Waals surface area (Å²) in [6.07, 6.45) is 1.87. The third-order valence-electron chi connectivity index (χ3n) is 4.70. The maximum absolute atomic E-state index is 9.33. The van der Waals surface area contributed by atoms with E-state index in [0.717, 1.165) is 34.3 Å². The number of benzene rings is 2. The maximum Gasteiger partial charge on any atom is 0.137 e. The quantitative estimate of drug-likeness (QED) is 0.466. The van der Waals surface area contributed by atoms with E-state index >= 15 is 0 Å². The van der Waals surface area contributed by atoms with E-state index in [1.165, 1.54) is 0 Å². The highest BCUT2D eigenvalue weighted by Gasteiger charge is 2.11. The van der Waals surface area contributed by atoms with Gasteiger partial charge in [-0.15, -0.1) is 0 Å². The van der Waals surface area contributed by atoms with Crippen LogP contribution in [0.25, 0.3) is 10.9 Å². The fourth-order valence-electron chi connectivity index (χ4n) is 3.17. The van der Waals surface area contributed by atoms with E-state index in [1.807, 2.05) is 43.5 Å². The van der Waals surface area contributed by atoms with Gasteiger partial charge in [0.05, 0.1) is 35.9 Å². The highest BCUT2D eigenvalue weighted by atomic mass is 35.5. The van der Waals surface area contributed by atoms with E-state index in [9.17, 15) is 5.26 Å². The van der Waals surface area contributed by atoms with Gasteiger partial charge < -0.3 is 20.1 Å². The van der Waals surface area contributed by atoms with Crippen LogP contribution in [0.5, 0.6) is 5.75 Å². The predicted molar refractivity (Wildman–Crippen MR) is 120 cm³/mol. The number of rotatable bonds is 10. The summed E-state index contributed by atoms with van der Waals surface area (Å²) in [5.41, 5.74) is 4.43. The third-order valence-corrected chi connectivity index (χ3v) is 5.00. The molecule has 30 heavy (non-hydrogen) atoms. The third kappa shape index (κ3) is 5.39. The summed E-state index contributed by atoms with van der Waals surface area (Å²) in [4.78, 5) is 4.57. The number of pyridine rings is 1. The van der Waals surface area contributed by atoms with Crippen molar-refractivity contribution in [3.8, 4) is 11.8 Å². The number of aromatic nitrogens is 1. The van der Waals surface area contributed by atoms with Gasteiger partial charge in [-0.25, -0.2) is 0 Å². The zero-order chi connectivity index (χ0) is 21.3. The standard InChI is InChI=1S/C23H25ClN4O2/c1-3-30-9-8-26-14-18-15-27-21-6-4-16(12-25)10-19(21)23(18)28-13-17-5-7-22(29-2)20(24)11-17/h4-7,10-11,15,26H,3,8-9,13-14H2,1-2H3,(H,27,28). The van der Waals surface area contributed by atoms with Gasteiger partial charge in [0.15, 0.2) is 0 Å². The molecule has 6 nitrogen and oxygen atoms in total. The first-order chi connectivity index (χ1) is 14.7. The number of nitrogens with one attached hydrogen (secondary N) is 2. The van der Waals surface area contributed by atoms with Gasteiger partial charge in [-0.2, -0.15) is 5.26 Å². The van der Waals surface area contributed by atoms with Gasteiger partial charge in [0.1, 0.15) is 5.75 Å². The number of fused-ring (bicyclic) bond motifs is 1. The molecule has 1 aromatic heterocycles. The first kappa shape index (κ1) is 21.8. The molecule has 0 saturated carbocycles. The highest BCUT2D eigenvalue weighted by molar-refractivity contribution is 6.32. The SMILES string of the molecule is CCOCCNCc1cnc2ccc(C#N)cc2c1NCc1ccc(OC)c(Cl)c1. The predicted octanol–water partition coefficient (Wildman–Crippen LogP) is 4.51. The van der Waals surface area contributed by atoms with Crippen molar-refractivity contribution in [1.82, 2.24) is 10.3 Å². The summed E-state index contributed by atoms with van der Waals surface area (Å²) in [5.74, 6) is 0.646. The van der Waals surface area contributed by atoms with Crippen LogP contribution < -0.4 is 15.4 Å². The molecule has 3 rings (SSSR count). The Bertz CT molecular complexity index is 1050. The zero-order valence-electron chi connectivity index (χ0n) is 17.2. The second-order valence-corrected chi connectivity index (χ2v) is 7.11. The lowest BCUT2D eigenvalue weighted by Gasteiger charge is -2.16. The Morgan fingerprint density at radius 3 is 2.77 bits per heavy atom.